The first-order valence-electron chi connectivity index (χ1n) is 10.2. The van der Waals surface area contributed by atoms with Gasteiger partial charge in [-0.15, -0.1) is 12.4 Å². The second-order valence-electron chi connectivity index (χ2n) is 8.58. The minimum Gasteiger partial charge on any atom is -0.444 e. The van der Waals surface area contributed by atoms with Gasteiger partial charge in [-0.25, -0.2) is 22.4 Å². The number of aliphatic hydroxyl groups is 2. The van der Waals surface area contributed by atoms with Gasteiger partial charge < -0.3 is 26.0 Å². The van der Waals surface area contributed by atoms with Gasteiger partial charge in [0.25, 0.3) is 12.9 Å². The summed E-state index contributed by atoms with van der Waals surface area (Å²) in [6.07, 6.45) is -6.83. The highest BCUT2D eigenvalue weighted by Crippen LogP contribution is 2.31. The number of halogens is 7. The van der Waals surface area contributed by atoms with Crippen LogP contribution in [0.3, 0.4) is 0 Å². The van der Waals surface area contributed by atoms with Crippen LogP contribution in [0.15, 0.2) is 57.5 Å². The van der Waals surface area contributed by atoms with Gasteiger partial charge in [0.05, 0.1) is 13.2 Å². The van der Waals surface area contributed by atoms with Crippen molar-refractivity contribution in [2.45, 2.75) is 50.3 Å². The second kappa shape index (κ2) is 14.5. The predicted octanol–water partition coefficient (Wildman–Crippen LogP) is 5.71. The molecule has 5 N–H and O–H groups in total. The summed E-state index contributed by atoms with van der Waals surface area (Å²) in [5, 5.41) is 20.5. The van der Waals surface area contributed by atoms with Gasteiger partial charge in [-0.05, 0) is 56.2 Å². The average Bonchev–Trinajstić information content (AvgIpc) is 2.75. The Labute approximate surface area is 230 Å². The first kappa shape index (κ1) is 34.6. The molecular weight excluding hydrogens is 640 g/mol. The molecule has 1 amide bonds. The van der Waals surface area contributed by atoms with Gasteiger partial charge in [0.2, 0.25) is 0 Å². The zero-order valence-corrected chi connectivity index (χ0v) is 23.6. The minimum atomic E-state index is -3.01. The van der Waals surface area contributed by atoms with Gasteiger partial charge in [0, 0.05) is 8.95 Å². The Balaban J connectivity index is 0.000000713. The normalized spacial score (nSPS) is 14.6. The molecule has 0 aromatic heterocycles. The molecule has 0 aliphatic rings. The Morgan fingerprint density at radius 2 is 1.42 bits per heavy atom. The Kier molecular flexibility index (Phi) is 13.9. The van der Waals surface area contributed by atoms with Crippen molar-refractivity contribution >= 4 is 50.4 Å². The summed E-state index contributed by atoms with van der Waals surface area (Å²) in [6, 6.07) is 12.3. The van der Waals surface area contributed by atoms with E-state index in [2.05, 4.69) is 37.2 Å². The van der Waals surface area contributed by atoms with E-state index in [1.54, 1.807) is 45.0 Å². The topological polar surface area (TPSA) is 105 Å². The summed E-state index contributed by atoms with van der Waals surface area (Å²) < 4.78 is 58.4. The van der Waals surface area contributed by atoms with Gasteiger partial charge in [-0.1, -0.05) is 56.1 Å². The number of nitrogens with two attached hydrogens (primary N) is 1. The molecule has 0 radical (unpaired) electrons. The van der Waals surface area contributed by atoms with Crippen LogP contribution in [0.2, 0.25) is 0 Å². The molecule has 2 atom stereocenters. The van der Waals surface area contributed by atoms with Crippen molar-refractivity contribution in [2.75, 3.05) is 13.2 Å². The number of carbonyl (C=O) groups excluding carboxylic acids is 1. The quantitative estimate of drug-likeness (QED) is 0.283. The number of benzene rings is 2. The number of amides is 1. The fourth-order valence-electron chi connectivity index (χ4n) is 2.77. The number of rotatable bonds is 7. The number of carbonyl (C=O) groups is 1. The maximum atomic E-state index is 13.5. The predicted molar refractivity (Wildman–Crippen MR) is 139 cm³/mol. The van der Waals surface area contributed by atoms with Crippen LogP contribution in [-0.4, -0.2) is 48.0 Å². The van der Waals surface area contributed by atoms with Crippen molar-refractivity contribution in [2.24, 2.45) is 5.73 Å². The molecule has 13 heteroatoms. The number of hydrogen-bond acceptors (Lipinski definition) is 5. The molecule has 2 aromatic rings. The van der Waals surface area contributed by atoms with E-state index < -0.39 is 48.8 Å². The highest BCUT2D eigenvalue weighted by molar-refractivity contribution is 9.10. The number of alkyl carbamates (subject to hydrolysis) is 1. The van der Waals surface area contributed by atoms with E-state index >= 15 is 0 Å². The molecule has 0 heterocycles. The van der Waals surface area contributed by atoms with Crippen molar-refractivity contribution in [3.05, 3.63) is 68.6 Å². The summed E-state index contributed by atoms with van der Waals surface area (Å²) in [5.74, 6) is 0. The van der Waals surface area contributed by atoms with E-state index in [0.29, 0.717) is 8.95 Å². The summed E-state index contributed by atoms with van der Waals surface area (Å²) in [7, 11) is 0. The van der Waals surface area contributed by atoms with Crippen LogP contribution in [0.1, 0.15) is 31.9 Å². The highest BCUT2D eigenvalue weighted by atomic mass is 79.9. The Bertz CT molecular complexity index is 985. The molecule has 36 heavy (non-hydrogen) atoms. The van der Waals surface area contributed by atoms with Gasteiger partial charge >= 0.3 is 6.09 Å². The molecule has 0 aliphatic carbocycles. The number of hydrogen-bond donors (Lipinski definition) is 4. The summed E-state index contributed by atoms with van der Waals surface area (Å²) in [5.41, 5.74) is 0.678. The van der Waals surface area contributed by atoms with Crippen molar-refractivity contribution in [3.8, 4) is 0 Å². The van der Waals surface area contributed by atoms with E-state index in [1.165, 1.54) is 24.3 Å². The molecule has 2 aromatic carbocycles. The first-order valence-corrected chi connectivity index (χ1v) is 11.8. The molecule has 0 fully saturated rings. The van der Waals surface area contributed by atoms with Crippen LogP contribution in [0, 0.1) is 0 Å². The van der Waals surface area contributed by atoms with E-state index in [-0.39, 0.29) is 23.5 Å². The lowest BCUT2D eigenvalue weighted by atomic mass is 9.91. The monoisotopic (exact) mass is 666 g/mol. The number of aliphatic hydroxyl groups excluding tert-OH is 2. The fourth-order valence-corrected chi connectivity index (χ4v) is 3.57. The summed E-state index contributed by atoms with van der Waals surface area (Å²) in [6.45, 7) is 3.11. The molecule has 6 nitrogen and oxygen atoms in total. The molecule has 2 rings (SSSR count). The number of alkyl halides is 4. The maximum Gasteiger partial charge on any atom is 0.408 e. The van der Waals surface area contributed by atoms with Crippen LogP contribution in [-0.2, 0) is 15.8 Å². The molecule has 2 unspecified atom stereocenters. The molecule has 204 valence electrons. The van der Waals surface area contributed by atoms with Crippen molar-refractivity contribution < 1.29 is 37.3 Å². The molecule has 0 saturated carbocycles. The lowest BCUT2D eigenvalue weighted by Gasteiger charge is -2.33. The first-order chi connectivity index (χ1) is 16.1. The van der Waals surface area contributed by atoms with Crippen molar-refractivity contribution in [3.63, 3.8) is 0 Å². The van der Waals surface area contributed by atoms with Crippen LogP contribution in [0.5, 0.6) is 0 Å². The third-order valence-corrected chi connectivity index (χ3v) is 5.69. The average molecular weight is 669 g/mol. The van der Waals surface area contributed by atoms with E-state index in [0.717, 1.165) is 0 Å². The lowest BCUT2D eigenvalue weighted by molar-refractivity contribution is -0.0203. The van der Waals surface area contributed by atoms with Gasteiger partial charge in [0.15, 0.2) is 5.54 Å². The van der Waals surface area contributed by atoms with Crippen LogP contribution in [0.25, 0.3) is 0 Å². The molecular formula is C23H29Br2ClF4N2O4. The van der Waals surface area contributed by atoms with Gasteiger partial charge in [-0.2, -0.15) is 0 Å². The maximum absolute atomic E-state index is 13.5. The Hall–Kier alpha value is -1.44. The van der Waals surface area contributed by atoms with Crippen LogP contribution in [0.4, 0.5) is 22.4 Å². The van der Waals surface area contributed by atoms with E-state index in [1.807, 2.05) is 0 Å². The molecule has 0 spiro atoms. The van der Waals surface area contributed by atoms with Gasteiger partial charge in [-0.3, -0.25) is 0 Å². The smallest absolute Gasteiger partial charge is 0.408 e. The fraction of sp³-hybridized carbons (Fsp3) is 0.435. The lowest BCUT2D eigenvalue weighted by Crippen LogP contribution is -2.55. The molecule has 0 bridgehead atoms. The SMILES string of the molecule is CC(C)(C)OC(=O)NC(CO)(c1cccc(Br)c1)C(F)F.Cl.NC(CO)(c1cccc(Br)c1)C(F)F. The molecule has 0 saturated heterocycles. The Morgan fingerprint density at radius 1 is 0.944 bits per heavy atom. The largest absolute Gasteiger partial charge is 0.444 e. The third kappa shape index (κ3) is 9.46. The van der Waals surface area contributed by atoms with Crippen LogP contribution < -0.4 is 11.1 Å². The number of nitrogens with one attached hydrogen (secondary N) is 1. The highest BCUT2D eigenvalue weighted by Gasteiger charge is 2.44. The number of ether oxygens (including phenoxy) is 1. The van der Waals surface area contributed by atoms with Crippen molar-refractivity contribution in [1.29, 1.82) is 0 Å². The van der Waals surface area contributed by atoms with E-state index in [4.69, 9.17) is 15.6 Å². The van der Waals surface area contributed by atoms with Crippen LogP contribution >= 0.6 is 44.3 Å². The molecule has 0 aliphatic heterocycles. The minimum absolute atomic E-state index is 0. The zero-order valence-electron chi connectivity index (χ0n) is 19.7. The third-order valence-electron chi connectivity index (χ3n) is 4.70. The van der Waals surface area contributed by atoms with E-state index in [9.17, 15) is 27.5 Å². The zero-order chi connectivity index (χ0) is 27.0. The standard InChI is InChI=1S/C14H18BrF2NO3.C9H10BrF2NO.ClH/c1-13(2,3)21-12(20)18-14(8-19,11(16)17)9-5-4-6-10(15)7-9;10-7-3-1-2-6(4-7)9(13,5-14)8(11)12;/h4-7,11,19H,8H2,1-3H3,(H,18,20);1-4,8,14H,5,13H2;1H. The van der Waals surface area contributed by atoms with Crippen molar-refractivity contribution in [1.82, 2.24) is 5.32 Å². The summed E-state index contributed by atoms with van der Waals surface area (Å²) >= 11 is 6.33. The Morgan fingerprint density at radius 3 is 1.78 bits per heavy atom. The van der Waals surface area contributed by atoms with Gasteiger partial charge in [0.1, 0.15) is 11.1 Å². The summed E-state index contributed by atoms with van der Waals surface area (Å²) in [4.78, 5) is 11.8. The second-order valence-corrected chi connectivity index (χ2v) is 10.4.